The second-order valence-corrected chi connectivity index (χ2v) is 6.69. The summed E-state index contributed by atoms with van der Waals surface area (Å²) < 4.78 is 5.43. The summed E-state index contributed by atoms with van der Waals surface area (Å²) in [5.41, 5.74) is 2.50. The molecule has 0 aliphatic carbocycles. The predicted octanol–water partition coefficient (Wildman–Crippen LogP) is 4.59. The molecule has 0 unspecified atom stereocenters. The fourth-order valence-corrected chi connectivity index (χ4v) is 3.20. The molecule has 0 bridgehead atoms. The standard InChI is InChI=1S/C24H20N2O3/c27-21(15-17-9-3-1-4-10-17)26-23-22(25-16-18-11-5-2-6-12-18)19-13-7-8-14-20(19)29-24(23)28/h1-14,25H,15-16H2,(H,26,27). The van der Waals surface area contributed by atoms with Crippen LogP contribution in [0, 0.1) is 0 Å². The van der Waals surface area contributed by atoms with Crippen LogP contribution in [-0.2, 0) is 17.8 Å². The van der Waals surface area contributed by atoms with E-state index in [1.807, 2.05) is 72.8 Å². The molecule has 0 saturated carbocycles. The van der Waals surface area contributed by atoms with E-state index in [4.69, 9.17) is 4.42 Å². The summed E-state index contributed by atoms with van der Waals surface area (Å²) in [4.78, 5) is 25.2. The largest absolute Gasteiger partial charge is 0.421 e. The van der Waals surface area contributed by atoms with Crippen LogP contribution in [0.2, 0.25) is 0 Å². The van der Waals surface area contributed by atoms with Crippen molar-refractivity contribution < 1.29 is 9.21 Å². The number of carbonyl (C=O) groups is 1. The highest BCUT2D eigenvalue weighted by atomic mass is 16.4. The summed E-state index contributed by atoms with van der Waals surface area (Å²) >= 11 is 0. The molecule has 0 radical (unpaired) electrons. The Morgan fingerprint density at radius 1 is 0.759 bits per heavy atom. The Hall–Kier alpha value is -3.86. The number of nitrogens with one attached hydrogen (secondary N) is 2. The number of para-hydroxylation sites is 1. The Morgan fingerprint density at radius 3 is 2.10 bits per heavy atom. The molecule has 5 heteroatoms. The number of rotatable bonds is 6. The van der Waals surface area contributed by atoms with Gasteiger partial charge in [-0.05, 0) is 23.3 Å². The highest BCUT2D eigenvalue weighted by Crippen LogP contribution is 2.29. The number of carbonyl (C=O) groups excluding carboxylic acids is 1. The number of anilines is 2. The van der Waals surface area contributed by atoms with Gasteiger partial charge in [0, 0.05) is 11.9 Å². The first-order valence-electron chi connectivity index (χ1n) is 9.38. The van der Waals surface area contributed by atoms with Crippen LogP contribution < -0.4 is 16.3 Å². The monoisotopic (exact) mass is 384 g/mol. The Bertz CT molecular complexity index is 1190. The molecule has 2 N–H and O–H groups in total. The van der Waals surface area contributed by atoms with Crippen LogP contribution in [0.3, 0.4) is 0 Å². The van der Waals surface area contributed by atoms with Gasteiger partial charge < -0.3 is 15.1 Å². The zero-order chi connectivity index (χ0) is 20.1. The van der Waals surface area contributed by atoms with Crippen LogP contribution in [0.15, 0.2) is 94.1 Å². The van der Waals surface area contributed by atoms with E-state index >= 15 is 0 Å². The molecule has 0 saturated heterocycles. The first kappa shape index (κ1) is 18.5. The SMILES string of the molecule is O=C(Cc1ccccc1)Nc1c(NCc2ccccc2)c2ccccc2oc1=O. The fraction of sp³-hybridized carbons (Fsp3) is 0.0833. The van der Waals surface area contributed by atoms with E-state index in [1.54, 1.807) is 12.1 Å². The van der Waals surface area contributed by atoms with Crippen molar-refractivity contribution in [3.05, 3.63) is 106 Å². The number of benzene rings is 3. The number of amides is 1. The van der Waals surface area contributed by atoms with Crippen LogP contribution in [0.1, 0.15) is 11.1 Å². The number of fused-ring (bicyclic) bond motifs is 1. The van der Waals surface area contributed by atoms with Gasteiger partial charge in [-0.3, -0.25) is 4.79 Å². The van der Waals surface area contributed by atoms with E-state index in [1.165, 1.54) is 0 Å². The van der Waals surface area contributed by atoms with Gasteiger partial charge in [0.1, 0.15) is 5.58 Å². The lowest BCUT2D eigenvalue weighted by Gasteiger charge is -2.14. The molecule has 29 heavy (non-hydrogen) atoms. The van der Waals surface area contributed by atoms with E-state index in [0.29, 0.717) is 17.8 Å². The lowest BCUT2D eigenvalue weighted by Crippen LogP contribution is -2.21. The van der Waals surface area contributed by atoms with Crippen molar-refractivity contribution in [1.29, 1.82) is 0 Å². The maximum absolute atomic E-state index is 12.6. The van der Waals surface area contributed by atoms with Gasteiger partial charge in [-0.15, -0.1) is 0 Å². The molecule has 3 aromatic carbocycles. The van der Waals surface area contributed by atoms with Gasteiger partial charge in [0.25, 0.3) is 0 Å². The van der Waals surface area contributed by atoms with Crippen LogP contribution in [-0.4, -0.2) is 5.91 Å². The minimum Gasteiger partial charge on any atom is -0.421 e. The van der Waals surface area contributed by atoms with Gasteiger partial charge in [-0.1, -0.05) is 72.8 Å². The molecular weight excluding hydrogens is 364 g/mol. The van der Waals surface area contributed by atoms with E-state index < -0.39 is 5.63 Å². The van der Waals surface area contributed by atoms with E-state index in [9.17, 15) is 9.59 Å². The molecule has 0 aliphatic rings. The Labute approximate surface area is 168 Å². The molecule has 1 aromatic heterocycles. The summed E-state index contributed by atoms with van der Waals surface area (Å²) in [5.74, 6) is -0.276. The van der Waals surface area contributed by atoms with Crippen molar-refractivity contribution in [2.45, 2.75) is 13.0 Å². The van der Waals surface area contributed by atoms with Gasteiger partial charge in [0.2, 0.25) is 5.91 Å². The first-order valence-corrected chi connectivity index (χ1v) is 9.38. The topological polar surface area (TPSA) is 71.3 Å². The Balaban J connectivity index is 1.67. The van der Waals surface area contributed by atoms with Gasteiger partial charge in [0.05, 0.1) is 12.1 Å². The van der Waals surface area contributed by atoms with Crippen molar-refractivity contribution in [3.8, 4) is 0 Å². The molecule has 1 heterocycles. The van der Waals surface area contributed by atoms with E-state index in [0.717, 1.165) is 16.5 Å². The summed E-state index contributed by atoms with van der Waals surface area (Å²) in [6, 6.07) is 26.5. The van der Waals surface area contributed by atoms with Gasteiger partial charge in [-0.2, -0.15) is 0 Å². The smallest absolute Gasteiger partial charge is 0.362 e. The lowest BCUT2D eigenvalue weighted by atomic mass is 10.1. The zero-order valence-corrected chi connectivity index (χ0v) is 15.7. The van der Waals surface area contributed by atoms with Crippen molar-refractivity contribution in [1.82, 2.24) is 0 Å². The number of hydrogen-bond acceptors (Lipinski definition) is 4. The molecule has 1 amide bonds. The summed E-state index contributed by atoms with van der Waals surface area (Å²) in [6.45, 7) is 0.510. The zero-order valence-electron chi connectivity index (χ0n) is 15.7. The molecule has 0 atom stereocenters. The normalized spacial score (nSPS) is 10.6. The third kappa shape index (κ3) is 4.35. The molecule has 4 aromatic rings. The lowest BCUT2D eigenvalue weighted by molar-refractivity contribution is -0.115. The predicted molar refractivity (Wildman–Crippen MR) is 115 cm³/mol. The van der Waals surface area contributed by atoms with E-state index in [-0.39, 0.29) is 18.0 Å². The van der Waals surface area contributed by atoms with Crippen LogP contribution in [0.4, 0.5) is 11.4 Å². The molecule has 0 spiro atoms. The first-order chi connectivity index (χ1) is 14.2. The molecular formula is C24H20N2O3. The quantitative estimate of drug-likeness (QED) is 0.477. The second kappa shape index (κ2) is 8.44. The van der Waals surface area contributed by atoms with Gasteiger partial charge in [-0.25, -0.2) is 4.79 Å². The molecule has 0 fully saturated rings. The Morgan fingerprint density at radius 2 is 1.38 bits per heavy atom. The maximum Gasteiger partial charge on any atom is 0.362 e. The molecule has 0 aliphatic heterocycles. The van der Waals surface area contributed by atoms with Crippen LogP contribution in [0.25, 0.3) is 11.0 Å². The number of hydrogen-bond donors (Lipinski definition) is 2. The minimum atomic E-state index is -0.583. The van der Waals surface area contributed by atoms with Gasteiger partial charge >= 0.3 is 5.63 Å². The van der Waals surface area contributed by atoms with Crippen LogP contribution >= 0.6 is 0 Å². The third-order valence-corrected chi connectivity index (χ3v) is 4.60. The average molecular weight is 384 g/mol. The summed E-state index contributed by atoms with van der Waals surface area (Å²) in [7, 11) is 0. The maximum atomic E-state index is 12.6. The average Bonchev–Trinajstić information content (AvgIpc) is 2.75. The molecule has 4 rings (SSSR count). The summed E-state index contributed by atoms with van der Waals surface area (Å²) in [5, 5.41) is 6.79. The van der Waals surface area contributed by atoms with E-state index in [2.05, 4.69) is 10.6 Å². The summed E-state index contributed by atoms with van der Waals surface area (Å²) in [6.07, 6.45) is 0.172. The fourth-order valence-electron chi connectivity index (χ4n) is 3.20. The molecule has 5 nitrogen and oxygen atoms in total. The third-order valence-electron chi connectivity index (χ3n) is 4.60. The van der Waals surface area contributed by atoms with Crippen molar-refractivity contribution in [3.63, 3.8) is 0 Å². The highest BCUT2D eigenvalue weighted by molar-refractivity contribution is 6.02. The van der Waals surface area contributed by atoms with Crippen molar-refractivity contribution in [2.75, 3.05) is 10.6 Å². The van der Waals surface area contributed by atoms with Crippen LogP contribution in [0.5, 0.6) is 0 Å². The van der Waals surface area contributed by atoms with Crippen molar-refractivity contribution >= 4 is 28.3 Å². The second-order valence-electron chi connectivity index (χ2n) is 6.69. The highest BCUT2D eigenvalue weighted by Gasteiger charge is 2.17. The Kier molecular flexibility index (Phi) is 5.38. The van der Waals surface area contributed by atoms with Crippen molar-refractivity contribution in [2.24, 2.45) is 0 Å². The minimum absolute atomic E-state index is 0.126. The molecule has 144 valence electrons. The van der Waals surface area contributed by atoms with Gasteiger partial charge in [0.15, 0.2) is 5.69 Å².